The van der Waals surface area contributed by atoms with Gasteiger partial charge in [-0.15, -0.1) is 0 Å². The fourth-order valence-corrected chi connectivity index (χ4v) is 2.81. The molecule has 0 saturated heterocycles. The van der Waals surface area contributed by atoms with E-state index in [0.717, 1.165) is 5.56 Å². The minimum Gasteiger partial charge on any atom is -0.314 e. The third-order valence-corrected chi connectivity index (χ3v) is 4.45. The van der Waals surface area contributed by atoms with Gasteiger partial charge in [-0.2, -0.15) is 0 Å². The maximum atomic E-state index is 12.8. The lowest BCUT2D eigenvalue weighted by atomic mass is 10.1. The average Bonchev–Trinajstić information content (AvgIpc) is 2.85. The first-order chi connectivity index (χ1) is 12.4. The summed E-state index contributed by atoms with van der Waals surface area (Å²) in [4.78, 5) is 29.0. The highest BCUT2D eigenvalue weighted by atomic mass is 35.5. The number of amides is 1. The molecule has 26 heavy (non-hydrogen) atoms. The van der Waals surface area contributed by atoms with Gasteiger partial charge in [-0.1, -0.05) is 63.7 Å². The van der Waals surface area contributed by atoms with Crippen LogP contribution in [0.5, 0.6) is 0 Å². The molecule has 0 unspecified atom stereocenters. The van der Waals surface area contributed by atoms with Gasteiger partial charge in [0.2, 0.25) is 4.84 Å². The summed E-state index contributed by atoms with van der Waals surface area (Å²) >= 11 is 22.8. The van der Waals surface area contributed by atoms with Gasteiger partial charge in [-0.3, -0.25) is 4.79 Å². The number of halogens is 4. The summed E-state index contributed by atoms with van der Waals surface area (Å²) < 4.78 is 0. The summed E-state index contributed by atoms with van der Waals surface area (Å²) in [6.45, 7) is 0.283. The van der Waals surface area contributed by atoms with Crippen LogP contribution in [-0.4, -0.2) is 22.4 Å². The van der Waals surface area contributed by atoms with Gasteiger partial charge in [0.05, 0.1) is 12.2 Å². The highest BCUT2D eigenvalue weighted by Crippen LogP contribution is 2.33. The summed E-state index contributed by atoms with van der Waals surface area (Å²) in [5.41, 5.74) is 1.85. The number of hydrogen-bond donors (Lipinski definition) is 0. The van der Waals surface area contributed by atoms with Crippen LogP contribution in [0.3, 0.4) is 0 Å². The van der Waals surface area contributed by atoms with Crippen molar-refractivity contribution in [3.05, 3.63) is 63.6 Å². The van der Waals surface area contributed by atoms with Gasteiger partial charge in [0.25, 0.3) is 5.91 Å². The fraction of sp³-hybridized carbons (Fsp3) is 0.118. The minimum absolute atomic E-state index is 0.0567. The van der Waals surface area contributed by atoms with Crippen LogP contribution < -0.4 is 4.90 Å². The van der Waals surface area contributed by atoms with Crippen molar-refractivity contribution in [1.82, 2.24) is 0 Å². The fourth-order valence-electron chi connectivity index (χ4n) is 2.43. The lowest BCUT2D eigenvalue weighted by molar-refractivity contribution is -0.141. The summed E-state index contributed by atoms with van der Waals surface area (Å²) in [7, 11) is 0. The van der Waals surface area contributed by atoms with Gasteiger partial charge in [-0.25, -0.2) is 4.79 Å². The molecule has 3 rings (SSSR count). The molecule has 0 aromatic heterocycles. The number of oxime groups is 1. The zero-order chi connectivity index (χ0) is 18.8. The Balaban J connectivity index is 1.95. The Morgan fingerprint density at radius 2 is 1.73 bits per heavy atom. The van der Waals surface area contributed by atoms with E-state index in [1.54, 1.807) is 30.3 Å². The molecule has 0 N–H and O–H groups in total. The van der Waals surface area contributed by atoms with Crippen molar-refractivity contribution in [1.29, 1.82) is 0 Å². The topological polar surface area (TPSA) is 59.0 Å². The van der Waals surface area contributed by atoms with E-state index in [2.05, 4.69) is 9.99 Å². The van der Waals surface area contributed by atoms with Crippen LogP contribution in [0.1, 0.15) is 11.1 Å². The van der Waals surface area contributed by atoms with E-state index in [1.165, 1.54) is 4.90 Å². The minimum atomic E-state index is -1.40. The van der Waals surface area contributed by atoms with Crippen LogP contribution in [0.25, 0.3) is 0 Å². The Bertz CT molecular complexity index is 897. The molecule has 1 aliphatic rings. The van der Waals surface area contributed by atoms with Gasteiger partial charge in [0.1, 0.15) is 0 Å². The Kier molecular flexibility index (Phi) is 5.73. The molecule has 0 atom stereocenters. The third-order valence-electron chi connectivity index (χ3n) is 3.61. The first kappa shape index (κ1) is 19.0. The van der Waals surface area contributed by atoms with E-state index in [4.69, 9.17) is 46.4 Å². The Labute approximate surface area is 169 Å². The highest BCUT2D eigenvalue weighted by molar-refractivity contribution is 6.55. The van der Waals surface area contributed by atoms with E-state index in [0.29, 0.717) is 21.3 Å². The molecule has 0 aliphatic carbocycles. The molecule has 0 radical (unpaired) electrons. The van der Waals surface area contributed by atoms with E-state index >= 15 is 0 Å². The number of carbonyl (C=O) groups is 2. The van der Waals surface area contributed by atoms with E-state index in [-0.39, 0.29) is 12.3 Å². The van der Waals surface area contributed by atoms with Gasteiger partial charge in [0.15, 0.2) is 5.71 Å². The summed E-state index contributed by atoms with van der Waals surface area (Å²) in [6, 6.07) is 12.0. The first-order valence-corrected chi connectivity index (χ1v) is 8.93. The van der Waals surface area contributed by atoms with Crippen LogP contribution in [0.4, 0.5) is 5.69 Å². The number of carbonyl (C=O) groups excluding carboxylic acids is 2. The largest absolute Gasteiger partial charge is 0.367 e. The molecule has 1 amide bonds. The molecule has 134 valence electrons. The summed E-state index contributed by atoms with van der Waals surface area (Å²) in [5.74, 6) is -1.42. The number of rotatable bonds is 4. The van der Waals surface area contributed by atoms with Gasteiger partial charge in [0, 0.05) is 15.6 Å². The van der Waals surface area contributed by atoms with E-state index in [9.17, 15) is 9.59 Å². The number of nitrogens with zero attached hydrogens (tertiary/aromatic N) is 2. The average molecular weight is 432 g/mol. The third kappa shape index (κ3) is 3.96. The first-order valence-electron chi connectivity index (χ1n) is 7.30. The normalized spacial score (nSPS) is 14.9. The second-order valence-electron chi connectivity index (χ2n) is 5.33. The molecule has 0 fully saturated rings. The van der Waals surface area contributed by atoms with Crippen LogP contribution in [0.2, 0.25) is 10.0 Å². The number of fused-ring (bicyclic) bond motifs is 1. The molecule has 0 spiro atoms. The second-order valence-corrected chi connectivity index (χ2v) is 7.30. The molecule has 1 heterocycles. The second kappa shape index (κ2) is 7.84. The molecule has 2 aromatic rings. The van der Waals surface area contributed by atoms with Crippen LogP contribution in [0.15, 0.2) is 47.6 Å². The predicted molar refractivity (Wildman–Crippen MR) is 102 cm³/mol. The number of hydrogen-bond acceptors (Lipinski definition) is 4. The van der Waals surface area contributed by atoms with Crippen LogP contribution in [-0.2, 0) is 21.0 Å². The summed E-state index contributed by atoms with van der Waals surface area (Å²) in [6.07, 6.45) is 0. The molecule has 1 aliphatic heterocycles. The molecule has 2 aromatic carbocycles. The van der Waals surface area contributed by atoms with Crippen molar-refractivity contribution < 1.29 is 14.4 Å². The van der Waals surface area contributed by atoms with Crippen LogP contribution in [0, 0.1) is 0 Å². The molecular formula is C17H10Cl4N2O3. The van der Waals surface area contributed by atoms with Gasteiger partial charge < -0.3 is 9.74 Å². The zero-order valence-electron chi connectivity index (χ0n) is 13.0. The maximum absolute atomic E-state index is 12.8. The smallest absolute Gasteiger partial charge is 0.314 e. The van der Waals surface area contributed by atoms with Crippen LogP contribution >= 0.6 is 46.4 Å². The highest BCUT2D eigenvalue weighted by Gasteiger charge is 2.35. The standard InChI is InChI=1S/C17H10Cl4N2O3/c18-10-3-1-9(2-4-10)8-23-13-6-5-11(19)7-12(13)14(16(23)24)22-26-17(25)15(20)21/h1-7,15H,8H2/b22-14+. The zero-order valence-corrected chi connectivity index (χ0v) is 16.0. The number of benzene rings is 2. The van der Waals surface area contributed by atoms with E-state index in [1.807, 2.05) is 12.1 Å². The van der Waals surface area contributed by atoms with Gasteiger partial charge in [-0.05, 0) is 35.9 Å². The quantitative estimate of drug-likeness (QED) is 0.404. The maximum Gasteiger partial charge on any atom is 0.367 e. The van der Waals surface area contributed by atoms with E-state index < -0.39 is 16.7 Å². The van der Waals surface area contributed by atoms with Crippen molar-refractivity contribution in [2.45, 2.75) is 11.4 Å². The Hall–Kier alpha value is -1.79. The lowest BCUT2D eigenvalue weighted by Gasteiger charge is -2.17. The Morgan fingerprint density at radius 1 is 1.08 bits per heavy atom. The molecular weight excluding hydrogens is 422 g/mol. The molecule has 0 bridgehead atoms. The van der Waals surface area contributed by atoms with Crippen molar-refractivity contribution in [3.63, 3.8) is 0 Å². The van der Waals surface area contributed by atoms with Gasteiger partial charge >= 0.3 is 5.97 Å². The molecule has 9 heteroatoms. The van der Waals surface area contributed by atoms with Crippen molar-refractivity contribution in [2.24, 2.45) is 5.16 Å². The number of anilines is 1. The van der Waals surface area contributed by atoms with Crippen molar-refractivity contribution in [2.75, 3.05) is 4.90 Å². The van der Waals surface area contributed by atoms with Crippen molar-refractivity contribution >= 4 is 69.7 Å². The summed E-state index contributed by atoms with van der Waals surface area (Å²) in [5, 5.41) is 4.65. The molecule has 0 saturated carbocycles. The predicted octanol–water partition coefficient (Wildman–Crippen LogP) is 4.59. The monoisotopic (exact) mass is 430 g/mol. The lowest BCUT2D eigenvalue weighted by Crippen LogP contribution is -2.30. The number of alkyl halides is 2. The molecule has 5 nitrogen and oxygen atoms in total. The Morgan fingerprint density at radius 3 is 2.38 bits per heavy atom. The van der Waals surface area contributed by atoms with Crippen molar-refractivity contribution in [3.8, 4) is 0 Å². The SMILES string of the molecule is O=C(O/N=C1/C(=O)N(Cc2ccc(Cl)cc2)c2ccc(Cl)cc21)C(Cl)Cl.